The van der Waals surface area contributed by atoms with Gasteiger partial charge in [0.25, 0.3) is 0 Å². The molecule has 1 aromatic heterocycles. The average molecular weight is 305 g/mol. The van der Waals surface area contributed by atoms with Gasteiger partial charge in [0.2, 0.25) is 11.0 Å². The summed E-state index contributed by atoms with van der Waals surface area (Å²) < 4.78 is 0. The zero-order valence-electron chi connectivity index (χ0n) is 11.1. The van der Waals surface area contributed by atoms with Crippen LogP contribution in [0.3, 0.4) is 0 Å². The summed E-state index contributed by atoms with van der Waals surface area (Å²) in [6, 6.07) is 0. The second-order valence-corrected chi connectivity index (χ2v) is 5.84. The Morgan fingerprint density at radius 3 is 2.95 bits per heavy atom. The standard InChI is InChI=1S/C12H20N4OS.ClH/c1-2-4-10-15-16-12(18-10)14-11(17)9-6-3-5-8(9)7-13;/h8-9H,2-7,13H2,1H3,(H,14,16,17);1H/t8-,9-;/m1./s1. The summed E-state index contributed by atoms with van der Waals surface area (Å²) in [5.74, 6) is 0.434. The minimum atomic E-state index is 0. The monoisotopic (exact) mass is 304 g/mol. The molecule has 2 atom stereocenters. The maximum atomic E-state index is 12.1. The average Bonchev–Trinajstić information content (AvgIpc) is 2.98. The van der Waals surface area contributed by atoms with E-state index in [9.17, 15) is 4.79 Å². The van der Waals surface area contributed by atoms with Crippen LogP contribution >= 0.6 is 23.7 Å². The summed E-state index contributed by atoms with van der Waals surface area (Å²) in [6.45, 7) is 2.69. The van der Waals surface area contributed by atoms with Crippen LogP contribution in [-0.2, 0) is 11.2 Å². The van der Waals surface area contributed by atoms with E-state index in [-0.39, 0.29) is 24.2 Å². The number of carbonyl (C=O) groups excluding carboxylic acids is 1. The summed E-state index contributed by atoms with van der Waals surface area (Å²) in [7, 11) is 0. The number of halogens is 1. The third-order valence-corrected chi connectivity index (χ3v) is 4.36. The Hall–Kier alpha value is -0.720. The predicted molar refractivity (Wildman–Crippen MR) is 79.7 cm³/mol. The van der Waals surface area contributed by atoms with Gasteiger partial charge in [0.05, 0.1) is 0 Å². The highest BCUT2D eigenvalue weighted by molar-refractivity contribution is 7.15. The zero-order chi connectivity index (χ0) is 13.0. The van der Waals surface area contributed by atoms with Crippen LogP contribution in [0, 0.1) is 11.8 Å². The first kappa shape index (κ1) is 16.3. The van der Waals surface area contributed by atoms with Crippen molar-refractivity contribution in [3.63, 3.8) is 0 Å². The van der Waals surface area contributed by atoms with Gasteiger partial charge in [0.15, 0.2) is 0 Å². The molecule has 7 heteroatoms. The molecule has 0 saturated heterocycles. The fourth-order valence-corrected chi connectivity index (χ4v) is 3.33. The number of rotatable bonds is 5. The number of aryl methyl sites for hydroxylation is 1. The van der Waals surface area contributed by atoms with E-state index < -0.39 is 0 Å². The van der Waals surface area contributed by atoms with Crippen LogP contribution < -0.4 is 11.1 Å². The molecule has 1 aromatic rings. The molecule has 1 saturated carbocycles. The Kier molecular flexibility index (Phi) is 6.68. The van der Waals surface area contributed by atoms with E-state index in [4.69, 9.17) is 5.73 Å². The minimum absolute atomic E-state index is 0. The molecule has 108 valence electrons. The number of nitrogens with zero attached hydrogens (tertiary/aromatic N) is 2. The number of nitrogens with one attached hydrogen (secondary N) is 1. The topological polar surface area (TPSA) is 80.9 Å². The zero-order valence-corrected chi connectivity index (χ0v) is 12.7. The van der Waals surface area contributed by atoms with Crippen molar-refractivity contribution in [2.45, 2.75) is 39.0 Å². The molecule has 0 bridgehead atoms. The Labute approximate surface area is 123 Å². The van der Waals surface area contributed by atoms with Gasteiger partial charge in [-0.05, 0) is 31.7 Å². The second-order valence-electron chi connectivity index (χ2n) is 4.77. The first-order valence-corrected chi connectivity index (χ1v) is 7.39. The highest BCUT2D eigenvalue weighted by atomic mass is 35.5. The number of hydrogen-bond acceptors (Lipinski definition) is 5. The van der Waals surface area contributed by atoms with Crippen LogP contribution in [0.15, 0.2) is 0 Å². The van der Waals surface area contributed by atoms with Crippen LogP contribution in [0.5, 0.6) is 0 Å². The summed E-state index contributed by atoms with van der Waals surface area (Å²) in [4.78, 5) is 12.1. The molecule has 0 spiro atoms. The summed E-state index contributed by atoms with van der Waals surface area (Å²) in [5.41, 5.74) is 5.69. The molecule has 3 N–H and O–H groups in total. The van der Waals surface area contributed by atoms with E-state index in [1.54, 1.807) is 0 Å². The van der Waals surface area contributed by atoms with Crippen LogP contribution in [0.4, 0.5) is 5.13 Å². The van der Waals surface area contributed by atoms with E-state index in [0.717, 1.165) is 37.1 Å². The molecule has 1 heterocycles. The van der Waals surface area contributed by atoms with Crippen molar-refractivity contribution in [1.29, 1.82) is 0 Å². The van der Waals surface area contributed by atoms with E-state index in [1.807, 2.05) is 0 Å². The molecule has 1 aliphatic carbocycles. The highest BCUT2D eigenvalue weighted by Crippen LogP contribution is 2.32. The fraction of sp³-hybridized carbons (Fsp3) is 0.750. The van der Waals surface area contributed by atoms with Crippen LogP contribution in [0.25, 0.3) is 0 Å². The molecule has 19 heavy (non-hydrogen) atoms. The maximum absolute atomic E-state index is 12.1. The minimum Gasteiger partial charge on any atom is -0.330 e. The molecule has 1 aliphatic rings. The van der Waals surface area contributed by atoms with E-state index >= 15 is 0 Å². The van der Waals surface area contributed by atoms with Crippen molar-refractivity contribution >= 4 is 34.8 Å². The van der Waals surface area contributed by atoms with Crippen molar-refractivity contribution in [1.82, 2.24) is 10.2 Å². The molecule has 0 aromatic carbocycles. The van der Waals surface area contributed by atoms with Crippen molar-refractivity contribution in [2.75, 3.05) is 11.9 Å². The quantitative estimate of drug-likeness (QED) is 0.874. The third kappa shape index (κ3) is 4.12. The molecule has 1 fully saturated rings. The highest BCUT2D eigenvalue weighted by Gasteiger charge is 2.32. The largest absolute Gasteiger partial charge is 0.330 e. The molecular weight excluding hydrogens is 284 g/mol. The summed E-state index contributed by atoms with van der Waals surface area (Å²) >= 11 is 1.47. The molecular formula is C12H21ClN4OS. The van der Waals surface area contributed by atoms with Gasteiger partial charge in [-0.3, -0.25) is 4.79 Å². The van der Waals surface area contributed by atoms with Gasteiger partial charge in [-0.25, -0.2) is 0 Å². The molecule has 1 amide bonds. The number of aromatic nitrogens is 2. The van der Waals surface area contributed by atoms with Gasteiger partial charge in [-0.1, -0.05) is 24.7 Å². The van der Waals surface area contributed by atoms with E-state index in [0.29, 0.717) is 17.6 Å². The third-order valence-electron chi connectivity index (χ3n) is 3.46. The van der Waals surface area contributed by atoms with Gasteiger partial charge in [-0.2, -0.15) is 0 Å². The smallest absolute Gasteiger partial charge is 0.229 e. The first-order valence-electron chi connectivity index (χ1n) is 6.58. The number of carbonyl (C=O) groups is 1. The van der Waals surface area contributed by atoms with Crippen LogP contribution in [0.1, 0.15) is 37.6 Å². The van der Waals surface area contributed by atoms with Crippen LogP contribution in [-0.4, -0.2) is 22.6 Å². The van der Waals surface area contributed by atoms with Crippen molar-refractivity contribution in [3.8, 4) is 0 Å². The van der Waals surface area contributed by atoms with E-state index in [1.165, 1.54) is 11.3 Å². The van der Waals surface area contributed by atoms with Crippen molar-refractivity contribution < 1.29 is 4.79 Å². The molecule has 2 rings (SSSR count). The number of hydrogen-bond donors (Lipinski definition) is 2. The number of nitrogens with two attached hydrogens (primary N) is 1. The first-order chi connectivity index (χ1) is 8.74. The Bertz CT molecular complexity index is 412. The van der Waals surface area contributed by atoms with E-state index in [2.05, 4.69) is 22.4 Å². The number of amides is 1. The summed E-state index contributed by atoms with van der Waals surface area (Å²) in [6.07, 6.45) is 5.06. The lowest BCUT2D eigenvalue weighted by Gasteiger charge is -2.15. The molecule has 0 radical (unpaired) electrons. The van der Waals surface area contributed by atoms with Gasteiger partial charge >= 0.3 is 0 Å². The predicted octanol–water partition coefficient (Wildman–Crippen LogP) is 2.23. The number of anilines is 1. The van der Waals surface area contributed by atoms with Gasteiger partial charge in [0, 0.05) is 12.3 Å². The molecule has 0 aliphatic heterocycles. The Morgan fingerprint density at radius 1 is 1.47 bits per heavy atom. The maximum Gasteiger partial charge on any atom is 0.229 e. The van der Waals surface area contributed by atoms with Gasteiger partial charge in [0.1, 0.15) is 5.01 Å². The second kappa shape index (κ2) is 7.77. The van der Waals surface area contributed by atoms with Crippen molar-refractivity contribution in [2.24, 2.45) is 17.6 Å². The molecule has 0 unspecified atom stereocenters. The van der Waals surface area contributed by atoms with Gasteiger partial charge in [-0.15, -0.1) is 22.6 Å². The van der Waals surface area contributed by atoms with Crippen LogP contribution in [0.2, 0.25) is 0 Å². The Morgan fingerprint density at radius 2 is 2.26 bits per heavy atom. The Balaban J connectivity index is 0.00000180. The lowest BCUT2D eigenvalue weighted by atomic mass is 9.95. The van der Waals surface area contributed by atoms with Gasteiger partial charge < -0.3 is 11.1 Å². The summed E-state index contributed by atoms with van der Waals surface area (Å²) in [5, 5.41) is 12.5. The molecule has 5 nitrogen and oxygen atoms in total. The fourth-order valence-electron chi connectivity index (χ4n) is 2.48. The lowest BCUT2D eigenvalue weighted by molar-refractivity contribution is -0.120. The van der Waals surface area contributed by atoms with Crippen molar-refractivity contribution in [3.05, 3.63) is 5.01 Å². The lowest BCUT2D eigenvalue weighted by Crippen LogP contribution is -2.29. The SMILES string of the molecule is CCCc1nnc(NC(=O)[C@@H]2CCC[C@@H]2CN)s1.Cl. The normalized spacial score (nSPS) is 22.0.